The van der Waals surface area contributed by atoms with Crippen LogP contribution in [0, 0.1) is 0 Å². The minimum absolute atomic E-state index is 0.115. The van der Waals surface area contributed by atoms with Crippen molar-refractivity contribution in [1.82, 2.24) is 10.6 Å². The third-order valence-electron chi connectivity index (χ3n) is 3.67. The number of hydrogen-bond acceptors (Lipinski definition) is 6. The molecule has 8 heteroatoms. The van der Waals surface area contributed by atoms with Crippen molar-refractivity contribution in [3.05, 3.63) is 29.8 Å². The number of amides is 3. The lowest BCUT2D eigenvalue weighted by atomic mass is 10.2. The van der Waals surface area contributed by atoms with Crippen LogP contribution in [0.1, 0.15) is 30.1 Å². The Balaban J connectivity index is 1.82. The maximum absolute atomic E-state index is 12.0. The van der Waals surface area contributed by atoms with E-state index in [1.807, 2.05) is 5.32 Å². The standard InChI is InChI=1S/C17H22N2O6/c1-11(15(20)19-17(22)18-2)25-16(21)12-5-7-13(8-6-12)24-10-14-4-3-9-23-14/h5-8,11,14H,3-4,9-10H2,1-2H3,(H2,18,19,20,22)/t11-,14+/m1/s1. The van der Waals surface area contributed by atoms with Gasteiger partial charge in [0.15, 0.2) is 6.10 Å². The van der Waals surface area contributed by atoms with E-state index >= 15 is 0 Å². The quantitative estimate of drug-likeness (QED) is 0.749. The summed E-state index contributed by atoms with van der Waals surface area (Å²) in [4.78, 5) is 34.8. The van der Waals surface area contributed by atoms with E-state index in [1.165, 1.54) is 14.0 Å². The van der Waals surface area contributed by atoms with E-state index in [4.69, 9.17) is 14.2 Å². The highest BCUT2D eigenvalue weighted by Gasteiger charge is 2.20. The zero-order valence-corrected chi connectivity index (χ0v) is 14.2. The van der Waals surface area contributed by atoms with E-state index in [-0.39, 0.29) is 11.7 Å². The lowest BCUT2D eigenvalue weighted by molar-refractivity contribution is -0.127. The van der Waals surface area contributed by atoms with Crippen molar-refractivity contribution < 1.29 is 28.6 Å². The highest BCUT2D eigenvalue weighted by molar-refractivity contribution is 5.98. The summed E-state index contributed by atoms with van der Waals surface area (Å²) in [5, 5.41) is 4.28. The molecule has 136 valence electrons. The summed E-state index contributed by atoms with van der Waals surface area (Å²) < 4.78 is 16.1. The van der Waals surface area contributed by atoms with Crippen LogP contribution in [0.15, 0.2) is 24.3 Å². The summed E-state index contributed by atoms with van der Waals surface area (Å²) >= 11 is 0. The Labute approximate surface area is 145 Å². The van der Waals surface area contributed by atoms with Gasteiger partial charge in [0.25, 0.3) is 5.91 Å². The molecule has 0 saturated carbocycles. The number of nitrogens with one attached hydrogen (secondary N) is 2. The molecule has 25 heavy (non-hydrogen) atoms. The molecule has 2 atom stereocenters. The molecule has 1 aliphatic rings. The van der Waals surface area contributed by atoms with Crippen molar-refractivity contribution in [3.8, 4) is 5.75 Å². The van der Waals surface area contributed by atoms with Gasteiger partial charge in [0.1, 0.15) is 12.4 Å². The van der Waals surface area contributed by atoms with E-state index in [0.717, 1.165) is 19.4 Å². The number of ether oxygens (including phenoxy) is 3. The molecule has 0 unspecified atom stereocenters. The van der Waals surface area contributed by atoms with E-state index in [9.17, 15) is 14.4 Å². The molecule has 1 saturated heterocycles. The number of benzene rings is 1. The Morgan fingerprint density at radius 3 is 2.60 bits per heavy atom. The first-order valence-corrected chi connectivity index (χ1v) is 8.07. The highest BCUT2D eigenvalue weighted by atomic mass is 16.5. The normalized spacial score (nSPS) is 17.4. The van der Waals surface area contributed by atoms with E-state index < -0.39 is 24.0 Å². The van der Waals surface area contributed by atoms with Gasteiger partial charge < -0.3 is 19.5 Å². The Kier molecular flexibility index (Phi) is 6.76. The lowest BCUT2D eigenvalue weighted by Gasteiger charge is -2.13. The predicted molar refractivity (Wildman–Crippen MR) is 88.4 cm³/mol. The number of carbonyl (C=O) groups is 3. The Morgan fingerprint density at radius 2 is 2.00 bits per heavy atom. The first kappa shape index (κ1) is 18.7. The van der Waals surface area contributed by atoms with Crippen LogP contribution in [0.4, 0.5) is 4.79 Å². The smallest absolute Gasteiger partial charge is 0.338 e. The van der Waals surface area contributed by atoms with Gasteiger partial charge in [-0.2, -0.15) is 0 Å². The second kappa shape index (κ2) is 9.03. The van der Waals surface area contributed by atoms with Gasteiger partial charge in [0.2, 0.25) is 0 Å². The van der Waals surface area contributed by atoms with Gasteiger partial charge in [0.05, 0.1) is 11.7 Å². The van der Waals surface area contributed by atoms with Crippen LogP contribution >= 0.6 is 0 Å². The minimum atomic E-state index is -1.10. The van der Waals surface area contributed by atoms with Gasteiger partial charge in [-0.05, 0) is 44.0 Å². The largest absolute Gasteiger partial charge is 0.491 e. The molecular formula is C17H22N2O6. The molecule has 0 radical (unpaired) electrons. The number of hydrogen-bond donors (Lipinski definition) is 2. The van der Waals surface area contributed by atoms with Crippen molar-refractivity contribution in [1.29, 1.82) is 0 Å². The second-order valence-electron chi connectivity index (χ2n) is 5.59. The van der Waals surface area contributed by atoms with E-state index in [2.05, 4.69) is 5.32 Å². The van der Waals surface area contributed by atoms with Crippen molar-refractivity contribution >= 4 is 17.9 Å². The van der Waals surface area contributed by atoms with Crippen LogP contribution < -0.4 is 15.4 Å². The molecule has 1 heterocycles. The predicted octanol–water partition coefficient (Wildman–Crippen LogP) is 1.25. The summed E-state index contributed by atoms with van der Waals surface area (Å²) in [6.07, 6.45) is 1.05. The molecule has 1 aromatic carbocycles. The molecule has 1 aliphatic heterocycles. The first-order valence-electron chi connectivity index (χ1n) is 8.07. The van der Waals surface area contributed by atoms with Gasteiger partial charge in [-0.1, -0.05) is 0 Å². The maximum atomic E-state index is 12.0. The SMILES string of the molecule is CNC(=O)NC(=O)[C@@H](C)OC(=O)c1ccc(OC[C@@H]2CCCO2)cc1. The summed E-state index contributed by atoms with van der Waals surface area (Å²) in [6, 6.07) is 5.75. The molecule has 0 spiro atoms. The summed E-state index contributed by atoms with van der Waals surface area (Å²) in [6.45, 7) is 2.63. The molecule has 1 fully saturated rings. The van der Waals surface area contributed by atoms with Crippen LogP contribution in [0.2, 0.25) is 0 Å². The monoisotopic (exact) mass is 350 g/mol. The number of urea groups is 1. The first-order chi connectivity index (χ1) is 12.0. The summed E-state index contributed by atoms with van der Waals surface area (Å²) in [7, 11) is 1.38. The number of imide groups is 1. The molecular weight excluding hydrogens is 328 g/mol. The average molecular weight is 350 g/mol. The second-order valence-corrected chi connectivity index (χ2v) is 5.59. The number of esters is 1. The van der Waals surface area contributed by atoms with Crippen molar-refractivity contribution in [2.45, 2.75) is 32.0 Å². The average Bonchev–Trinajstić information content (AvgIpc) is 3.13. The van der Waals surface area contributed by atoms with Crippen LogP contribution in [0.5, 0.6) is 5.75 Å². The fourth-order valence-electron chi connectivity index (χ4n) is 2.21. The third-order valence-corrected chi connectivity index (χ3v) is 3.67. The van der Waals surface area contributed by atoms with Gasteiger partial charge in [-0.25, -0.2) is 9.59 Å². The van der Waals surface area contributed by atoms with Crippen LogP contribution in [0.25, 0.3) is 0 Å². The Morgan fingerprint density at radius 1 is 1.28 bits per heavy atom. The third kappa shape index (κ3) is 5.75. The van der Waals surface area contributed by atoms with Crippen LogP contribution in [-0.2, 0) is 14.3 Å². The van der Waals surface area contributed by atoms with Crippen molar-refractivity contribution in [2.75, 3.05) is 20.3 Å². The molecule has 2 rings (SSSR count). The van der Waals surface area contributed by atoms with Crippen LogP contribution in [-0.4, -0.2) is 50.4 Å². The number of carbonyl (C=O) groups excluding carboxylic acids is 3. The highest BCUT2D eigenvalue weighted by Crippen LogP contribution is 2.17. The summed E-state index contributed by atoms with van der Waals surface area (Å²) in [5.41, 5.74) is 0.282. The zero-order valence-electron chi connectivity index (χ0n) is 14.2. The summed E-state index contributed by atoms with van der Waals surface area (Å²) in [5.74, 6) is -0.744. The van der Waals surface area contributed by atoms with Crippen molar-refractivity contribution in [2.24, 2.45) is 0 Å². The Hall–Kier alpha value is -2.61. The molecule has 1 aromatic rings. The zero-order chi connectivity index (χ0) is 18.2. The van der Waals surface area contributed by atoms with Crippen molar-refractivity contribution in [3.63, 3.8) is 0 Å². The van der Waals surface area contributed by atoms with Gasteiger partial charge >= 0.3 is 12.0 Å². The van der Waals surface area contributed by atoms with Crippen LogP contribution in [0.3, 0.4) is 0 Å². The van der Waals surface area contributed by atoms with Gasteiger partial charge in [-0.3, -0.25) is 10.1 Å². The molecule has 0 bridgehead atoms. The van der Waals surface area contributed by atoms with Gasteiger partial charge in [-0.15, -0.1) is 0 Å². The maximum Gasteiger partial charge on any atom is 0.338 e. The minimum Gasteiger partial charge on any atom is -0.491 e. The lowest BCUT2D eigenvalue weighted by Crippen LogP contribution is -2.43. The fourth-order valence-corrected chi connectivity index (χ4v) is 2.21. The van der Waals surface area contributed by atoms with E-state index in [0.29, 0.717) is 12.4 Å². The molecule has 0 aromatic heterocycles. The Bertz CT molecular complexity index is 610. The fraction of sp³-hybridized carbons (Fsp3) is 0.471. The molecule has 8 nitrogen and oxygen atoms in total. The van der Waals surface area contributed by atoms with Gasteiger partial charge in [0, 0.05) is 13.7 Å². The number of rotatable bonds is 6. The topological polar surface area (TPSA) is 103 Å². The molecule has 2 N–H and O–H groups in total. The van der Waals surface area contributed by atoms with E-state index in [1.54, 1.807) is 24.3 Å². The molecule has 0 aliphatic carbocycles. The molecule has 3 amide bonds.